The smallest absolute Gasteiger partial charge is 0.226 e. The number of hydrogen-bond acceptors (Lipinski definition) is 4. The minimum atomic E-state index is -0.0171. The monoisotopic (exact) mass is 315 g/mol. The molecule has 0 bridgehead atoms. The lowest BCUT2D eigenvalue weighted by atomic mass is 10.1. The Kier molecular flexibility index (Phi) is 5.93. The second-order valence-electron chi connectivity index (χ2n) is 6.02. The van der Waals surface area contributed by atoms with E-state index in [1.807, 2.05) is 52.2 Å². The van der Waals surface area contributed by atoms with E-state index in [4.69, 9.17) is 4.42 Å². The Balaban J connectivity index is 1.96. The molecule has 0 unspecified atom stereocenters. The van der Waals surface area contributed by atoms with E-state index >= 15 is 0 Å². The van der Waals surface area contributed by atoms with Crippen molar-refractivity contribution in [1.82, 2.24) is 15.2 Å². The van der Waals surface area contributed by atoms with Crippen LogP contribution in [0.1, 0.15) is 23.4 Å². The summed E-state index contributed by atoms with van der Waals surface area (Å²) in [5.74, 6) is 1.26. The van der Waals surface area contributed by atoms with Crippen molar-refractivity contribution < 1.29 is 9.21 Å². The molecule has 0 saturated heterocycles. The normalized spacial score (nSPS) is 11.0. The number of carbonyl (C=O) groups excluding carboxylic acids is 1. The van der Waals surface area contributed by atoms with Gasteiger partial charge in [0, 0.05) is 12.1 Å². The first kappa shape index (κ1) is 17.2. The van der Waals surface area contributed by atoms with Crippen LogP contribution in [0, 0.1) is 13.8 Å². The van der Waals surface area contributed by atoms with Gasteiger partial charge in [0.2, 0.25) is 11.8 Å². The number of nitrogens with zero attached hydrogens (tertiary/aromatic N) is 2. The summed E-state index contributed by atoms with van der Waals surface area (Å²) in [6, 6.07) is 7.94. The van der Waals surface area contributed by atoms with Crippen molar-refractivity contribution in [2.24, 2.45) is 0 Å². The fraction of sp³-hybridized carbons (Fsp3) is 0.444. The van der Waals surface area contributed by atoms with Crippen molar-refractivity contribution in [2.45, 2.75) is 26.7 Å². The predicted molar refractivity (Wildman–Crippen MR) is 91.3 cm³/mol. The van der Waals surface area contributed by atoms with Crippen molar-refractivity contribution in [1.29, 1.82) is 0 Å². The SMILES string of the molecule is Cc1ccccc1-c1nc(CC(=O)NCCCN(C)C)c(C)o1. The number of oxazole rings is 1. The fourth-order valence-corrected chi connectivity index (χ4v) is 2.36. The molecule has 0 radical (unpaired) electrons. The minimum Gasteiger partial charge on any atom is -0.441 e. The molecule has 124 valence electrons. The third-order valence-electron chi connectivity index (χ3n) is 3.70. The Morgan fingerprint density at radius 1 is 1.26 bits per heavy atom. The quantitative estimate of drug-likeness (QED) is 0.798. The summed E-state index contributed by atoms with van der Waals surface area (Å²) < 4.78 is 5.74. The van der Waals surface area contributed by atoms with Crippen molar-refractivity contribution in [2.75, 3.05) is 27.2 Å². The van der Waals surface area contributed by atoms with Gasteiger partial charge in [-0.05, 0) is 52.5 Å². The number of nitrogens with one attached hydrogen (secondary N) is 1. The second-order valence-corrected chi connectivity index (χ2v) is 6.02. The third kappa shape index (κ3) is 4.93. The van der Waals surface area contributed by atoms with E-state index in [1.54, 1.807) is 0 Å². The maximum atomic E-state index is 12.0. The van der Waals surface area contributed by atoms with E-state index in [0.29, 0.717) is 23.9 Å². The minimum absolute atomic E-state index is 0.0171. The Hall–Kier alpha value is -2.14. The van der Waals surface area contributed by atoms with Gasteiger partial charge in [0.25, 0.3) is 0 Å². The molecule has 5 heteroatoms. The number of hydrogen-bond donors (Lipinski definition) is 1. The number of benzene rings is 1. The van der Waals surface area contributed by atoms with Crippen LogP contribution < -0.4 is 5.32 Å². The molecule has 1 heterocycles. The van der Waals surface area contributed by atoms with Crippen molar-refractivity contribution in [3.05, 3.63) is 41.3 Å². The lowest BCUT2D eigenvalue weighted by Gasteiger charge is -2.09. The molecule has 0 fully saturated rings. The van der Waals surface area contributed by atoms with E-state index in [1.165, 1.54) is 0 Å². The summed E-state index contributed by atoms with van der Waals surface area (Å²) in [6.45, 7) is 5.51. The van der Waals surface area contributed by atoms with Gasteiger partial charge in [-0.15, -0.1) is 0 Å². The van der Waals surface area contributed by atoms with Gasteiger partial charge in [0.05, 0.1) is 12.1 Å². The zero-order valence-corrected chi connectivity index (χ0v) is 14.3. The fourth-order valence-electron chi connectivity index (χ4n) is 2.36. The van der Waals surface area contributed by atoms with Crippen LogP contribution in [0.4, 0.5) is 0 Å². The molecule has 1 aromatic heterocycles. The second kappa shape index (κ2) is 7.92. The zero-order chi connectivity index (χ0) is 16.8. The average molecular weight is 315 g/mol. The van der Waals surface area contributed by atoms with Crippen molar-refractivity contribution >= 4 is 5.91 Å². The van der Waals surface area contributed by atoms with Gasteiger partial charge in [0.15, 0.2) is 0 Å². The number of aryl methyl sites for hydroxylation is 2. The highest BCUT2D eigenvalue weighted by molar-refractivity contribution is 5.78. The molecule has 0 aliphatic rings. The maximum Gasteiger partial charge on any atom is 0.226 e. The van der Waals surface area contributed by atoms with Crippen LogP contribution in [0.3, 0.4) is 0 Å². The van der Waals surface area contributed by atoms with Crippen LogP contribution in [-0.4, -0.2) is 43.0 Å². The molecule has 0 spiro atoms. The Morgan fingerprint density at radius 3 is 2.70 bits per heavy atom. The third-order valence-corrected chi connectivity index (χ3v) is 3.70. The van der Waals surface area contributed by atoms with Gasteiger partial charge in [-0.2, -0.15) is 0 Å². The maximum absolute atomic E-state index is 12.0. The summed E-state index contributed by atoms with van der Waals surface area (Å²) in [4.78, 5) is 18.6. The molecule has 0 aliphatic carbocycles. The zero-order valence-electron chi connectivity index (χ0n) is 14.3. The Bertz CT molecular complexity index is 662. The van der Waals surface area contributed by atoms with Crippen LogP contribution in [0.5, 0.6) is 0 Å². The predicted octanol–water partition coefficient (Wildman–Crippen LogP) is 2.57. The number of carbonyl (C=O) groups is 1. The largest absolute Gasteiger partial charge is 0.441 e. The number of rotatable bonds is 7. The molecule has 1 N–H and O–H groups in total. The topological polar surface area (TPSA) is 58.4 Å². The molecule has 0 atom stereocenters. The molecule has 2 rings (SSSR count). The summed E-state index contributed by atoms with van der Waals surface area (Å²) in [7, 11) is 4.04. The molecule has 0 aliphatic heterocycles. The van der Waals surface area contributed by atoms with Gasteiger partial charge >= 0.3 is 0 Å². The van der Waals surface area contributed by atoms with Gasteiger partial charge in [0.1, 0.15) is 5.76 Å². The van der Waals surface area contributed by atoms with Crippen LogP contribution >= 0.6 is 0 Å². The summed E-state index contributed by atoms with van der Waals surface area (Å²) in [6.07, 6.45) is 1.19. The van der Waals surface area contributed by atoms with E-state index in [-0.39, 0.29) is 12.3 Å². The highest BCUT2D eigenvalue weighted by Crippen LogP contribution is 2.24. The highest BCUT2D eigenvalue weighted by atomic mass is 16.4. The summed E-state index contributed by atoms with van der Waals surface area (Å²) in [5.41, 5.74) is 2.77. The lowest BCUT2D eigenvalue weighted by molar-refractivity contribution is -0.120. The molecule has 0 saturated carbocycles. The van der Waals surface area contributed by atoms with E-state index in [2.05, 4.69) is 15.2 Å². The van der Waals surface area contributed by atoms with Crippen molar-refractivity contribution in [3.8, 4) is 11.5 Å². The van der Waals surface area contributed by atoms with Gasteiger partial charge in [-0.3, -0.25) is 4.79 Å². The summed E-state index contributed by atoms with van der Waals surface area (Å²) in [5, 5.41) is 2.93. The molecule has 5 nitrogen and oxygen atoms in total. The number of amides is 1. The van der Waals surface area contributed by atoms with Crippen LogP contribution in [0.2, 0.25) is 0 Å². The number of aromatic nitrogens is 1. The van der Waals surface area contributed by atoms with Gasteiger partial charge in [-0.1, -0.05) is 18.2 Å². The highest BCUT2D eigenvalue weighted by Gasteiger charge is 2.15. The average Bonchev–Trinajstić information content (AvgIpc) is 2.85. The van der Waals surface area contributed by atoms with Crippen LogP contribution in [-0.2, 0) is 11.2 Å². The Labute approximate surface area is 137 Å². The molecular formula is C18H25N3O2. The first-order valence-electron chi connectivity index (χ1n) is 7.91. The lowest BCUT2D eigenvalue weighted by Crippen LogP contribution is -2.28. The molecular weight excluding hydrogens is 290 g/mol. The van der Waals surface area contributed by atoms with Gasteiger partial charge < -0.3 is 14.6 Å². The standard InChI is InChI=1S/C18H25N3O2/c1-13-8-5-6-9-15(13)18-20-16(14(2)23-18)12-17(22)19-10-7-11-21(3)4/h5-6,8-9H,7,10-12H2,1-4H3,(H,19,22). The van der Waals surface area contributed by atoms with Gasteiger partial charge in [-0.25, -0.2) is 4.98 Å². The van der Waals surface area contributed by atoms with E-state index < -0.39 is 0 Å². The first-order valence-corrected chi connectivity index (χ1v) is 7.91. The summed E-state index contributed by atoms with van der Waals surface area (Å²) >= 11 is 0. The molecule has 1 amide bonds. The molecule has 1 aromatic carbocycles. The van der Waals surface area contributed by atoms with Crippen LogP contribution in [0.15, 0.2) is 28.7 Å². The Morgan fingerprint density at radius 2 is 2.00 bits per heavy atom. The van der Waals surface area contributed by atoms with Crippen molar-refractivity contribution in [3.63, 3.8) is 0 Å². The first-order chi connectivity index (χ1) is 11.0. The molecule has 23 heavy (non-hydrogen) atoms. The van der Waals surface area contributed by atoms with Crippen LogP contribution in [0.25, 0.3) is 11.5 Å². The molecule has 2 aromatic rings. The van der Waals surface area contributed by atoms with E-state index in [0.717, 1.165) is 24.1 Å². The van der Waals surface area contributed by atoms with E-state index in [9.17, 15) is 4.79 Å².